The van der Waals surface area contributed by atoms with Crippen molar-refractivity contribution in [2.45, 2.75) is 44.7 Å². The predicted molar refractivity (Wildman–Crippen MR) is 62.0 cm³/mol. The third-order valence-corrected chi connectivity index (χ3v) is 6.55. The minimum atomic E-state index is -2.04. The summed E-state index contributed by atoms with van der Waals surface area (Å²) in [5, 5.41) is 0. The Bertz CT molecular complexity index is 189. The van der Waals surface area contributed by atoms with Crippen molar-refractivity contribution < 1.29 is 0 Å². The van der Waals surface area contributed by atoms with Gasteiger partial charge < -0.3 is 0 Å². The van der Waals surface area contributed by atoms with Crippen LogP contribution < -0.4 is 0 Å². The van der Waals surface area contributed by atoms with E-state index in [-0.39, 0.29) is 0 Å². The van der Waals surface area contributed by atoms with E-state index in [1.54, 1.807) is 0 Å². The van der Waals surface area contributed by atoms with Crippen molar-refractivity contribution in [2.24, 2.45) is 5.92 Å². The van der Waals surface area contributed by atoms with Crippen molar-refractivity contribution in [3.8, 4) is 0 Å². The molecule has 1 aliphatic carbocycles. The first kappa shape index (κ1) is 11.3. The highest BCUT2D eigenvalue weighted by atomic mass is 35.9. The van der Waals surface area contributed by atoms with Crippen molar-refractivity contribution in [3.05, 3.63) is 0 Å². The molecule has 1 aliphatic rings. The average Bonchev–Trinajstić information content (AvgIpc) is 2.03. The summed E-state index contributed by atoms with van der Waals surface area (Å²) >= 11 is 17.3. The molecule has 0 amide bonds. The number of halogens is 2. The van der Waals surface area contributed by atoms with Gasteiger partial charge in [0.15, 0.2) is 0 Å². The van der Waals surface area contributed by atoms with Crippen LogP contribution in [0.15, 0.2) is 0 Å². The van der Waals surface area contributed by atoms with Crippen molar-refractivity contribution in [3.63, 3.8) is 0 Å². The van der Waals surface area contributed by atoms with Gasteiger partial charge in [0.2, 0.25) is 0 Å². The van der Waals surface area contributed by atoms with Crippen LogP contribution in [0, 0.1) is 5.92 Å². The lowest BCUT2D eigenvalue weighted by atomic mass is 9.87. The standard InChI is InChI=1S/C8H15Cl2PS/c1-2-7-5-3-4-6-8(7)11(9,10)12/h7-8H,2-6H2,1H3. The van der Waals surface area contributed by atoms with E-state index < -0.39 is 4.74 Å². The summed E-state index contributed by atoms with van der Waals surface area (Å²) in [7, 11) is 0. The fraction of sp³-hybridized carbons (Fsp3) is 1.00. The smallest absolute Gasteiger partial charge is 0.0680 e. The number of hydrogen-bond acceptors (Lipinski definition) is 1. The maximum Gasteiger partial charge on any atom is 0.123 e. The molecular weight excluding hydrogens is 230 g/mol. The van der Waals surface area contributed by atoms with Crippen molar-refractivity contribution in [2.75, 3.05) is 0 Å². The summed E-state index contributed by atoms with van der Waals surface area (Å²) in [5.74, 6) is 0.694. The molecule has 2 unspecified atom stereocenters. The van der Waals surface area contributed by atoms with Crippen LogP contribution in [0.5, 0.6) is 0 Å². The van der Waals surface area contributed by atoms with E-state index in [2.05, 4.69) is 6.92 Å². The number of rotatable bonds is 2. The quantitative estimate of drug-likeness (QED) is 0.633. The second-order valence-corrected chi connectivity index (χ2v) is 11.8. The number of hydrogen-bond donors (Lipinski definition) is 0. The second-order valence-electron chi connectivity index (χ2n) is 3.52. The highest BCUT2D eigenvalue weighted by Crippen LogP contribution is 2.66. The molecule has 2 atom stereocenters. The predicted octanol–water partition coefficient (Wildman–Crippen LogP) is 4.74. The van der Waals surface area contributed by atoms with Gasteiger partial charge in [-0.15, -0.1) is 0 Å². The minimum Gasteiger partial charge on any atom is -0.0680 e. The van der Waals surface area contributed by atoms with E-state index in [9.17, 15) is 0 Å². The first-order valence-electron chi connectivity index (χ1n) is 4.54. The molecule has 0 aromatic carbocycles. The summed E-state index contributed by atoms with van der Waals surface area (Å²) in [6.45, 7) is 2.21. The Morgan fingerprint density at radius 2 is 1.92 bits per heavy atom. The highest BCUT2D eigenvalue weighted by Gasteiger charge is 2.32. The molecule has 4 heteroatoms. The molecule has 0 N–H and O–H groups in total. The third-order valence-electron chi connectivity index (χ3n) is 2.78. The fourth-order valence-corrected chi connectivity index (χ4v) is 5.77. The van der Waals surface area contributed by atoms with Crippen molar-refractivity contribution in [1.82, 2.24) is 0 Å². The van der Waals surface area contributed by atoms with Crippen molar-refractivity contribution in [1.29, 1.82) is 0 Å². The normalized spacial score (nSPS) is 31.9. The summed E-state index contributed by atoms with van der Waals surface area (Å²) in [4.78, 5) is 0. The van der Waals surface area contributed by atoms with Gasteiger partial charge in [-0.2, -0.15) is 0 Å². The average molecular weight is 245 g/mol. The van der Waals surface area contributed by atoms with E-state index in [1.165, 1.54) is 25.7 Å². The molecule has 1 saturated carbocycles. The second kappa shape index (κ2) is 4.64. The molecule has 0 spiro atoms. The van der Waals surface area contributed by atoms with Crippen LogP contribution in [-0.2, 0) is 11.8 Å². The monoisotopic (exact) mass is 244 g/mol. The van der Waals surface area contributed by atoms with Gasteiger partial charge >= 0.3 is 0 Å². The molecule has 12 heavy (non-hydrogen) atoms. The highest BCUT2D eigenvalue weighted by molar-refractivity contribution is 8.39. The van der Waals surface area contributed by atoms with Crippen LogP contribution in [0.2, 0.25) is 0 Å². The fourth-order valence-electron chi connectivity index (χ4n) is 2.06. The zero-order valence-electron chi connectivity index (χ0n) is 7.30. The Hall–Kier alpha value is 1.23. The maximum atomic E-state index is 6.08. The van der Waals surface area contributed by atoms with Crippen molar-refractivity contribution >= 4 is 39.0 Å². The molecule has 0 radical (unpaired) electrons. The summed E-state index contributed by atoms with van der Waals surface area (Å²) in [6.07, 6.45) is 6.21. The largest absolute Gasteiger partial charge is 0.123 e. The lowest BCUT2D eigenvalue weighted by Gasteiger charge is -2.32. The molecule has 1 rings (SSSR count). The van der Waals surface area contributed by atoms with E-state index in [4.69, 9.17) is 34.3 Å². The van der Waals surface area contributed by atoms with Gasteiger partial charge in [-0.05, 0) is 18.8 Å². The molecule has 1 fully saturated rings. The Labute approximate surface area is 89.6 Å². The molecular formula is C8H15Cl2PS. The Morgan fingerprint density at radius 3 is 2.33 bits per heavy atom. The zero-order valence-corrected chi connectivity index (χ0v) is 10.5. The Balaban J connectivity index is 2.65. The summed E-state index contributed by atoms with van der Waals surface area (Å²) in [6, 6.07) is 0. The molecule has 0 saturated heterocycles. The van der Waals surface area contributed by atoms with Crippen LogP contribution in [0.4, 0.5) is 0 Å². The van der Waals surface area contributed by atoms with Gasteiger partial charge in [0.1, 0.15) is 4.74 Å². The first-order chi connectivity index (χ1) is 5.55. The molecule has 0 nitrogen and oxygen atoms in total. The van der Waals surface area contributed by atoms with Gasteiger partial charge in [-0.3, -0.25) is 0 Å². The molecule has 0 aliphatic heterocycles. The van der Waals surface area contributed by atoms with Gasteiger partial charge in [-0.1, -0.05) is 60.5 Å². The van der Waals surface area contributed by atoms with Crippen LogP contribution >= 0.6 is 27.2 Å². The molecule has 0 heterocycles. The summed E-state index contributed by atoms with van der Waals surface area (Å²) in [5.41, 5.74) is 0.439. The lowest BCUT2D eigenvalue weighted by molar-refractivity contribution is 0.359. The van der Waals surface area contributed by atoms with Gasteiger partial charge in [0, 0.05) is 5.66 Å². The van der Waals surface area contributed by atoms with E-state index in [1.807, 2.05) is 0 Å². The molecule has 0 bridgehead atoms. The minimum absolute atomic E-state index is 0.439. The summed E-state index contributed by atoms with van der Waals surface area (Å²) < 4.78 is -2.04. The van der Waals surface area contributed by atoms with E-state index in [0.717, 1.165) is 6.42 Å². The van der Waals surface area contributed by atoms with E-state index >= 15 is 0 Å². The molecule has 0 aromatic rings. The Morgan fingerprint density at radius 1 is 1.33 bits per heavy atom. The maximum absolute atomic E-state index is 6.08. The topological polar surface area (TPSA) is 0 Å². The molecule has 0 aromatic heterocycles. The molecule has 72 valence electrons. The SMILES string of the molecule is CCC1CCCCC1P(=S)(Cl)Cl. The lowest BCUT2D eigenvalue weighted by Crippen LogP contribution is -2.21. The van der Waals surface area contributed by atoms with Crippen LogP contribution in [0.3, 0.4) is 0 Å². The van der Waals surface area contributed by atoms with Crippen LogP contribution in [0.1, 0.15) is 39.0 Å². The van der Waals surface area contributed by atoms with E-state index in [0.29, 0.717) is 11.6 Å². The Kier molecular flexibility index (Phi) is 4.37. The van der Waals surface area contributed by atoms with Gasteiger partial charge in [-0.25, -0.2) is 0 Å². The van der Waals surface area contributed by atoms with Gasteiger partial charge in [0.25, 0.3) is 0 Å². The van der Waals surface area contributed by atoms with Gasteiger partial charge in [0.05, 0.1) is 0 Å². The van der Waals surface area contributed by atoms with Crippen LogP contribution in [0.25, 0.3) is 0 Å². The van der Waals surface area contributed by atoms with Crippen LogP contribution in [-0.4, -0.2) is 5.66 Å². The zero-order chi connectivity index (χ0) is 9.19. The third kappa shape index (κ3) is 2.87. The first-order valence-corrected chi connectivity index (χ1v) is 9.23.